The first-order valence-corrected chi connectivity index (χ1v) is 13.9. The van der Waals surface area contributed by atoms with Crippen molar-refractivity contribution in [2.24, 2.45) is 0 Å². The standard InChI is InChI=1S/C33H30BN3O2P/c1-32(2,33(3,4)40)39-34-23-18-19-27-26(20-23)24-16-11-17-25(28(24)38-27)31-36-29(21-12-7-5-8-13-21)35-30(37-31)22-14-9-6-10-15-22/h5-20H,40H2,1-4H3. The van der Waals surface area contributed by atoms with Gasteiger partial charge in [-0.2, -0.15) is 0 Å². The third-order valence-corrected chi connectivity index (χ3v) is 8.20. The molecule has 2 heterocycles. The van der Waals surface area contributed by atoms with E-state index in [0.29, 0.717) is 17.5 Å². The zero-order chi connectivity index (χ0) is 27.9. The number of aromatic nitrogens is 3. The Morgan fingerprint density at radius 2 is 1.27 bits per heavy atom. The SMILES string of the molecule is CC(C)(P)C(C)(C)O[B]c1ccc2oc3c(-c4nc(-c5ccccc5)nc(-c5ccccc5)n4)cccc3c2c1. The number of benzene rings is 4. The van der Waals surface area contributed by atoms with Crippen molar-refractivity contribution in [3.8, 4) is 34.2 Å². The van der Waals surface area contributed by atoms with E-state index >= 15 is 0 Å². The van der Waals surface area contributed by atoms with Crippen molar-refractivity contribution in [3.63, 3.8) is 0 Å². The summed E-state index contributed by atoms with van der Waals surface area (Å²) in [5.74, 6) is 1.80. The minimum atomic E-state index is -0.357. The van der Waals surface area contributed by atoms with Gasteiger partial charge in [-0.3, -0.25) is 0 Å². The molecule has 6 aromatic rings. The second-order valence-electron chi connectivity index (χ2n) is 11.0. The average molecular weight is 542 g/mol. The molecule has 5 nitrogen and oxygen atoms in total. The van der Waals surface area contributed by atoms with Crippen LogP contribution >= 0.6 is 9.24 Å². The smallest absolute Gasteiger partial charge is 0.330 e. The molecule has 0 saturated carbocycles. The van der Waals surface area contributed by atoms with Crippen LogP contribution in [0.2, 0.25) is 0 Å². The Balaban J connectivity index is 1.46. The van der Waals surface area contributed by atoms with Gasteiger partial charge in [0, 0.05) is 27.1 Å². The number of furan rings is 1. The van der Waals surface area contributed by atoms with E-state index in [4.69, 9.17) is 24.0 Å². The number of fused-ring (bicyclic) bond motifs is 3. The minimum absolute atomic E-state index is 0.0907. The highest BCUT2D eigenvalue weighted by Gasteiger charge is 2.33. The Morgan fingerprint density at radius 1 is 0.675 bits per heavy atom. The molecule has 0 amide bonds. The highest BCUT2D eigenvalue weighted by Crippen LogP contribution is 2.36. The van der Waals surface area contributed by atoms with E-state index in [9.17, 15) is 0 Å². The summed E-state index contributed by atoms with van der Waals surface area (Å²) < 4.78 is 12.6. The van der Waals surface area contributed by atoms with Crippen LogP contribution in [0.5, 0.6) is 0 Å². The molecule has 40 heavy (non-hydrogen) atoms. The molecule has 4 aromatic carbocycles. The predicted octanol–water partition coefficient (Wildman–Crippen LogP) is 7.47. The molecule has 6 rings (SSSR count). The van der Waals surface area contributed by atoms with E-state index in [1.165, 1.54) is 0 Å². The third-order valence-electron chi connectivity index (χ3n) is 7.50. The Kier molecular flexibility index (Phi) is 6.78. The van der Waals surface area contributed by atoms with Crippen LogP contribution in [0.3, 0.4) is 0 Å². The van der Waals surface area contributed by atoms with E-state index < -0.39 is 0 Å². The topological polar surface area (TPSA) is 61.0 Å². The lowest BCUT2D eigenvalue weighted by atomic mass is 9.83. The van der Waals surface area contributed by atoms with Crippen molar-refractivity contribution >= 4 is 44.1 Å². The predicted molar refractivity (Wildman–Crippen MR) is 168 cm³/mol. The van der Waals surface area contributed by atoms with E-state index in [-0.39, 0.29) is 10.8 Å². The maximum absolute atomic E-state index is 6.43. The molecular formula is C33H30BN3O2P. The van der Waals surface area contributed by atoms with Crippen molar-refractivity contribution in [1.82, 2.24) is 15.0 Å². The molecule has 2 aromatic heterocycles. The Morgan fingerprint density at radius 3 is 1.88 bits per heavy atom. The fraction of sp³-hybridized carbons (Fsp3) is 0.182. The molecule has 0 N–H and O–H groups in total. The molecule has 0 aliphatic rings. The lowest BCUT2D eigenvalue weighted by Crippen LogP contribution is -2.45. The van der Waals surface area contributed by atoms with Crippen molar-refractivity contribution in [3.05, 3.63) is 97.1 Å². The largest absolute Gasteiger partial charge is 0.455 e. The van der Waals surface area contributed by atoms with Gasteiger partial charge in [-0.1, -0.05) is 104 Å². The Labute approximate surface area is 237 Å². The maximum Gasteiger partial charge on any atom is 0.330 e. The maximum atomic E-state index is 6.43. The molecule has 0 aliphatic carbocycles. The van der Waals surface area contributed by atoms with Gasteiger partial charge in [0.15, 0.2) is 17.5 Å². The lowest BCUT2D eigenvalue weighted by molar-refractivity contribution is 0.0841. The van der Waals surface area contributed by atoms with E-state index in [0.717, 1.165) is 44.1 Å². The van der Waals surface area contributed by atoms with Crippen molar-refractivity contribution in [2.75, 3.05) is 0 Å². The average Bonchev–Trinajstić information content (AvgIpc) is 3.34. The molecule has 0 spiro atoms. The molecule has 0 aliphatic heterocycles. The van der Waals surface area contributed by atoms with E-state index in [2.05, 4.69) is 49.1 Å². The monoisotopic (exact) mass is 542 g/mol. The summed E-state index contributed by atoms with van der Waals surface area (Å²) in [5.41, 5.74) is 4.83. The summed E-state index contributed by atoms with van der Waals surface area (Å²) in [7, 11) is 4.70. The molecule has 0 saturated heterocycles. The quantitative estimate of drug-likeness (QED) is 0.155. The summed E-state index contributed by atoms with van der Waals surface area (Å²) >= 11 is 0. The van der Waals surface area contributed by atoms with Gasteiger partial charge in [0.25, 0.3) is 0 Å². The van der Waals surface area contributed by atoms with Gasteiger partial charge in [-0.15, -0.1) is 9.24 Å². The van der Waals surface area contributed by atoms with Gasteiger partial charge < -0.3 is 9.07 Å². The lowest BCUT2D eigenvalue weighted by Gasteiger charge is -2.39. The highest BCUT2D eigenvalue weighted by molar-refractivity contribution is 7.19. The summed E-state index contributed by atoms with van der Waals surface area (Å²) in [6, 6.07) is 32.2. The van der Waals surface area contributed by atoms with Gasteiger partial charge in [-0.05, 0) is 26.0 Å². The third kappa shape index (κ3) is 5.05. The van der Waals surface area contributed by atoms with Gasteiger partial charge in [-0.25, -0.2) is 15.0 Å². The van der Waals surface area contributed by atoms with Crippen LogP contribution in [0.4, 0.5) is 0 Å². The van der Waals surface area contributed by atoms with Crippen LogP contribution in [-0.2, 0) is 4.65 Å². The van der Waals surface area contributed by atoms with Crippen molar-refractivity contribution < 1.29 is 9.07 Å². The highest BCUT2D eigenvalue weighted by atomic mass is 31.0. The molecule has 197 valence electrons. The van der Waals surface area contributed by atoms with Crippen LogP contribution in [0.1, 0.15) is 27.7 Å². The first-order valence-electron chi connectivity index (χ1n) is 13.3. The first kappa shape index (κ1) is 26.4. The molecule has 0 bridgehead atoms. The van der Waals surface area contributed by atoms with Crippen LogP contribution in [0, 0.1) is 0 Å². The number of hydrogen-bond donors (Lipinski definition) is 0. The van der Waals surface area contributed by atoms with Crippen molar-refractivity contribution in [1.29, 1.82) is 0 Å². The first-order chi connectivity index (χ1) is 19.2. The fourth-order valence-electron chi connectivity index (χ4n) is 4.36. The molecule has 1 radical (unpaired) electrons. The van der Waals surface area contributed by atoms with Crippen LogP contribution in [0.15, 0.2) is 101 Å². The number of hydrogen-bond acceptors (Lipinski definition) is 5. The van der Waals surface area contributed by atoms with Gasteiger partial charge in [0.05, 0.1) is 11.2 Å². The summed E-state index contributed by atoms with van der Waals surface area (Å²) in [4.78, 5) is 14.6. The van der Waals surface area contributed by atoms with Crippen LogP contribution < -0.4 is 5.46 Å². The molecule has 1 atom stereocenters. The molecule has 7 heteroatoms. The second kappa shape index (κ2) is 10.3. The normalized spacial score (nSPS) is 12.2. The molecular weight excluding hydrogens is 512 g/mol. The van der Waals surface area contributed by atoms with Gasteiger partial charge in [0.1, 0.15) is 11.2 Å². The van der Waals surface area contributed by atoms with E-state index in [1.807, 2.05) is 92.4 Å². The summed E-state index contributed by atoms with van der Waals surface area (Å²) in [5, 5.41) is 1.92. The summed E-state index contributed by atoms with van der Waals surface area (Å²) in [6.07, 6.45) is 0. The Hall–Kier alpha value is -3.86. The van der Waals surface area contributed by atoms with Crippen LogP contribution in [0.25, 0.3) is 56.1 Å². The van der Waals surface area contributed by atoms with Crippen molar-refractivity contribution in [2.45, 2.75) is 38.5 Å². The zero-order valence-corrected chi connectivity index (χ0v) is 24.2. The summed E-state index contributed by atoms with van der Waals surface area (Å²) in [6.45, 7) is 8.48. The van der Waals surface area contributed by atoms with Crippen LogP contribution in [-0.4, -0.2) is 33.2 Å². The number of nitrogens with zero attached hydrogens (tertiary/aromatic N) is 3. The number of para-hydroxylation sites is 1. The molecule has 0 fully saturated rings. The van der Waals surface area contributed by atoms with E-state index in [1.54, 1.807) is 0 Å². The molecule has 1 unspecified atom stereocenters. The second-order valence-corrected chi connectivity index (χ2v) is 12.5. The number of rotatable bonds is 7. The Bertz CT molecular complexity index is 1760. The van der Waals surface area contributed by atoms with Gasteiger partial charge >= 0.3 is 7.48 Å². The van der Waals surface area contributed by atoms with Gasteiger partial charge in [0.2, 0.25) is 0 Å². The zero-order valence-electron chi connectivity index (χ0n) is 23.1. The fourth-order valence-corrected chi connectivity index (χ4v) is 4.43. The minimum Gasteiger partial charge on any atom is -0.455 e.